The minimum atomic E-state index is -0.245. The molecule has 1 aliphatic rings. The molecular weight excluding hydrogens is 328 g/mol. The first-order valence-electron chi connectivity index (χ1n) is 8.36. The van der Waals surface area contributed by atoms with Crippen molar-refractivity contribution < 1.29 is 4.79 Å². The number of thiophene rings is 1. The third-order valence-electron chi connectivity index (χ3n) is 4.60. The molecule has 3 nitrogen and oxygen atoms in total. The standard InChI is InChI=1S/C21H18N2OS/c22-21(24)19-5-3-13-23(19)17-11-8-15(9-12-17)7-10-16-14-25-20-6-2-1-4-18(16)20/h1-2,4,6,8-9,11-12,14,19H,3,5,13H2,(H2,22,24)/t19-/m1/s1. The third kappa shape index (κ3) is 3.11. The van der Waals surface area contributed by atoms with Gasteiger partial charge in [0.2, 0.25) is 5.91 Å². The van der Waals surface area contributed by atoms with Crippen LogP contribution in [0.5, 0.6) is 0 Å². The van der Waals surface area contributed by atoms with Crippen LogP contribution in [0.1, 0.15) is 24.0 Å². The molecule has 0 saturated carbocycles. The van der Waals surface area contributed by atoms with Gasteiger partial charge in [0.1, 0.15) is 6.04 Å². The minimum absolute atomic E-state index is 0.186. The van der Waals surface area contributed by atoms with Crippen LogP contribution >= 0.6 is 11.3 Å². The maximum Gasteiger partial charge on any atom is 0.240 e. The van der Waals surface area contributed by atoms with Crippen molar-refractivity contribution in [1.82, 2.24) is 0 Å². The number of fused-ring (bicyclic) bond motifs is 1. The summed E-state index contributed by atoms with van der Waals surface area (Å²) in [4.78, 5) is 13.6. The van der Waals surface area contributed by atoms with Gasteiger partial charge in [0.25, 0.3) is 0 Å². The highest BCUT2D eigenvalue weighted by atomic mass is 32.1. The van der Waals surface area contributed by atoms with E-state index in [0.29, 0.717) is 0 Å². The van der Waals surface area contributed by atoms with E-state index in [9.17, 15) is 4.79 Å². The number of nitrogens with two attached hydrogens (primary N) is 1. The van der Waals surface area contributed by atoms with Crippen molar-refractivity contribution in [1.29, 1.82) is 0 Å². The quantitative estimate of drug-likeness (QED) is 0.718. The van der Waals surface area contributed by atoms with E-state index in [0.717, 1.165) is 36.2 Å². The zero-order valence-electron chi connectivity index (χ0n) is 13.7. The fraction of sp³-hybridized carbons (Fsp3) is 0.190. The molecule has 2 aromatic carbocycles. The van der Waals surface area contributed by atoms with Gasteiger partial charge in [0.15, 0.2) is 0 Å². The lowest BCUT2D eigenvalue weighted by atomic mass is 10.1. The number of benzene rings is 2. The predicted octanol–water partition coefficient (Wildman–Crippen LogP) is 3.76. The van der Waals surface area contributed by atoms with Crippen molar-refractivity contribution in [3.8, 4) is 11.8 Å². The van der Waals surface area contributed by atoms with Crippen LogP contribution in [-0.2, 0) is 4.79 Å². The van der Waals surface area contributed by atoms with E-state index in [4.69, 9.17) is 5.73 Å². The van der Waals surface area contributed by atoms with Gasteiger partial charge in [-0.15, -0.1) is 11.3 Å². The molecule has 1 amide bonds. The number of carbonyl (C=O) groups excluding carboxylic acids is 1. The van der Waals surface area contributed by atoms with Crippen molar-refractivity contribution in [3.63, 3.8) is 0 Å². The molecule has 0 unspecified atom stereocenters. The zero-order chi connectivity index (χ0) is 17.2. The number of amides is 1. The molecule has 1 fully saturated rings. The molecule has 1 aromatic heterocycles. The van der Waals surface area contributed by atoms with Gasteiger partial charge in [-0.25, -0.2) is 0 Å². The molecule has 3 aromatic rings. The molecule has 2 heterocycles. The average Bonchev–Trinajstić information content (AvgIpc) is 3.28. The predicted molar refractivity (Wildman–Crippen MR) is 104 cm³/mol. The lowest BCUT2D eigenvalue weighted by molar-refractivity contribution is -0.119. The molecule has 1 saturated heterocycles. The Balaban J connectivity index is 1.56. The zero-order valence-corrected chi connectivity index (χ0v) is 14.6. The molecule has 124 valence electrons. The van der Waals surface area contributed by atoms with Crippen LogP contribution in [0.25, 0.3) is 10.1 Å². The van der Waals surface area contributed by atoms with Gasteiger partial charge in [-0.3, -0.25) is 4.79 Å². The second kappa shape index (κ2) is 6.62. The van der Waals surface area contributed by atoms with Crippen molar-refractivity contribution in [3.05, 3.63) is 65.0 Å². The molecule has 1 atom stereocenters. The Hall–Kier alpha value is -2.77. The molecule has 1 aliphatic heterocycles. The van der Waals surface area contributed by atoms with E-state index in [1.54, 1.807) is 11.3 Å². The van der Waals surface area contributed by atoms with E-state index in [1.807, 2.05) is 36.4 Å². The molecule has 0 radical (unpaired) electrons. The molecular formula is C21H18N2OS. The summed E-state index contributed by atoms with van der Waals surface area (Å²) >= 11 is 1.72. The molecule has 0 spiro atoms. The lowest BCUT2D eigenvalue weighted by Crippen LogP contribution is -2.40. The highest BCUT2D eigenvalue weighted by Crippen LogP contribution is 2.26. The SMILES string of the molecule is NC(=O)[C@H]1CCCN1c1ccc(C#Cc2csc3ccccc23)cc1. The first kappa shape index (κ1) is 15.7. The number of primary amides is 1. The van der Waals surface area contributed by atoms with Crippen LogP contribution in [0, 0.1) is 11.8 Å². The van der Waals surface area contributed by atoms with Gasteiger partial charge >= 0.3 is 0 Å². The van der Waals surface area contributed by atoms with E-state index in [1.165, 1.54) is 10.1 Å². The summed E-state index contributed by atoms with van der Waals surface area (Å²) in [6.07, 6.45) is 1.84. The monoisotopic (exact) mass is 346 g/mol. The lowest BCUT2D eigenvalue weighted by Gasteiger charge is -2.24. The van der Waals surface area contributed by atoms with Crippen LogP contribution < -0.4 is 10.6 Å². The number of nitrogens with zero attached hydrogens (tertiary/aromatic N) is 1. The van der Waals surface area contributed by atoms with Crippen molar-refractivity contribution in [2.45, 2.75) is 18.9 Å². The summed E-state index contributed by atoms with van der Waals surface area (Å²) < 4.78 is 1.26. The number of hydrogen-bond acceptors (Lipinski definition) is 3. The van der Waals surface area contributed by atoms with Crippen molar-refractivity contribution in [2.24, 2.45) is 5.73 Å². The van der Waals surface area contributed by atoms with Gasteiger partial charge < -0.3 is 10.6 Å². The van der Waals surface area contributed by atoms with Gasteiger partial charge in [-0.1, -0.05) is 30.0 Å². The Kier molecular flexibility index (Phi) is 4.17. The fourth-order valence-electron chi connectivity index (χ4n) is 3.32. The molecule has 0 bridgehead atoms. The normalized spacial score (nSPS) is 16.6. The van der Waals surface area contributed by atoms with Crippen LogP contribution in [0.3, 0.4) is 0 Å². The first-order valence-corrected chi connectivity index (χ1v) is 9.24. The second-order valence-electron chi connectivity index (χ2n) is 6.20. The maximum atomic E-state index is 11.6. The first-order chi connectivity index (χ1) is 12.2. The molecule has 2 N–H and O–H groups in total. The summed E-state index contributed by atoms with van der Waals surface area (Å²) in [7, 11) is 0. The van der Waals surface area contributed by atoms with Crippen molar-refractivity contribution >= 4 is 33.0 Å². The fourth-order valence-corrected chi connectivity index (χ4v) is 4.21. The summed E-state index contributed by atoms with van der Waals surface area (Å²) in [5.74, 6) is 6.27. The largest absolute Gasteiger partial charge is 0.368 e. The highest BCUT2D eigenvalue weighted by Gasteiger charge is 2.28. The maximum absolute atomic E-state index is 11.6. The summed E-state index contributed by atoms with van der Waals surface area (Å²) in [5, 5.41) is 3.31. The second-order valence-corrected chi connectivity index (χ2v) is 7.11. The number of carbonyl (C=O) groups is 1. The topological polar surface area (TPSA) is 46.3 Å². The third-order valence-corrected chi connectivity index (χ3v) is 5.57. The Morgan fingerprint density at radius 2 is 1.92 bits per heavy atom. The van der Waals surface area contributed by atoms with Crippen LogP contribution in [0.4, 0.5) is 5.69 Å². The van der Waals surface area contributed by atoms with Gasteiger partial charge in [0.05, 0.1) is 0 Å². The van der Waals surface area contributed by atoms with Gasteiger partial charge in [0, 0.05) is 38.8 Å². The van der Waals surface area contributed by atoms with Crippen molar-refractivity contribution in [2.75, 3.05) is 11.4 Å². The van der Waals surface area contributed by atoms with Gasteiger partial charge in [-0.2, -0.15) is 0 Å². The van der Waals surface area contributed by atoms with Gasteiger partial charge in [-0.05, 0) is 43.2 Å². The van der Waals surface area contributed by atoms with E-state index < -0.39 is 0 Å². The molecule has 0 aliphatic carbocycles. The molecule has 4 rings (SSSR count). The van der Waals surface area contributed by atoms with Crippen LogP contribution in [-0.4, -0.2) is 18.5 Å². The van der Waals surface area contributed by atoms with E-state index in [-0.39, 0.29) is 11.9 Å². The number of rotatable bonds is 2. The Bertz CT molecular complexity index is 978. The summed E-state index contributed by atoms with van der Waals surface area (Å²) in [5.41, 5.74) is 8.57. The Labute approximate surface area is 151 Å². The van der Waals surface area contributed by atoms with Crippen LogP contribution in [0.2, 0.25) is 0 Å². The number of hydrogen-bond donors (Lipinski definition) is 1. The van der Waals surface area contributed by atoms with Crippen LogP contribution in [0.15, 0.2) is 53.9 Å². The van der Waals surface area contributed by atoms with E-state index in [2.05, 4.69) is 34.3 Å². The van der Waals surface area contributed by atoms with E-state index >= 15 is 0 Å². The summed E-state index contributed by atoms with van der Waals surface area (Å²) in [6.45, 7) is 0.875. The average molecular weight is 346 g/mol. The number of anilines is 1. The smallest absolute Gasteiger partial charge is 0.240 e. The molecule has 4 heteroatoms. The minimum Gasteiger partial charge on any atom is -0.368 e. The Morgan fingerprint density at radius 1 is 1.12 bits per heavy atom. The Morgan fingerprint density at radius 3 is 2.72 bits per heavy atom. The highest BCUT2D eigenvalue weighted by molar-refractivity contribution is 7.17. The summed E-state index contributed by atoms with van der Waals surface area (Å²) in [6, 6.07) is 16.2. The molecule has 25 heavy (non-hydrogen) atoms.